The molecule has 2 nitrogen and oxygen atoms in total. The standard InChI is InChI=1S/C11H15NO/c1-2-3-4-5-10-6-7-11(12,8-10)9-13/h2-6,9H,7-8,12H2,1H3/b3-2-,5-4-. The van der Waals surface area contributed by atoms with Crippen molar-refractivity contribution < 1.29 is 4.79 Å². The summed E-state index contributed by atoms with van der Waals surface area (Å²) in [5.41, 5.74) is 6.28. The second-order valence-corrected chi connectivity index (χ2v) is 3.40. The fourth-order valence-corrected chi connectivity index (χ4v) is 1.35. The highest BCUT2D eigenvalue weighted by Gasteiger charge is 2.28. The number of hydrogen-bond acceptors (Lipinski definition) is 2. The Kier molecular flexibility index (Phi) is 3.20. The van der Waals surface area contributed by atoms with Gasteiger partial charge in [-0.05, 0) is 25.3 Å². The van der Waals surface area contributed by atoms with E-state index in [1.54, 1.807) is 0 Å². The molecule has 0 saturated carbocycles. The molecular weight excluding hydrogens is 162 g/mol. The molecule has 1 aliphatic rings. The average molecular weight is 177 g/mol. The van der Waals surface area contributed by atoms with Crippen molar-refractivity contribution in [2.75, 3.05) is 0 Å². The van der Waals surface area contributed by atoms with Crippen molar-refractivity contribution in [2.45, 2.75) is 25.3 Å². The Bertz CT molecular complexity index is 276. The second-order valence-electron chi connectivity index (χ2n) is 3.40. The van der Waals surface area contributed by atoms with Crippen molar-refractivity contribution in [1.29, 1.82) is 0 Å². The highest BCUT2D eigenvalue weighted by Crippen LogP contribution is 2.25. The molecule has 70 valence electrons. The number of allylic oxidation sites excluding steroid dienone is 4. The van der Waals surface area contributed by atoms with Crippen molar-refractivity contribution >= 4 is 6.29 Å². The molecule has 0 radical (unpaired) electrons. The van der Waals surface area contributed by atoms with Gasteiger partial charge in [0, 0.05) is 0 Å². The monoisotopic (exact) mass is 177 g/mol. The summed E-state index contributed by atoms with van der Waals surface area (Å²) in [6.45, 7) is 1.96. The van der Waals surface area contributed by atoms with Gasteiger partial charge in [-0.15, -0.1) is 0 Å². The van der Waals surface area contributed by atoms with Crippen molar-refractivity contribution in [3.8, 4) is 0 Å². The number of rotatable bonds is 3. The van der Waals surface area contributed by atoms with Crippen LogP contribution in [0.15, 0.2) is 36.0 Å². The summed E-state index contributed by atoms with van der Waals surface area (Å²) in [6.07, 6.45) is 12.1. The Hall–Kier alpha value is -1.15. The molecule has 0 amide bonds. The fourth-order valence-electron chi connectivity index (χ4n) is 1.35. The summed E-state index contributed by atoms with van der Waals surface area (Å²) in [5, 5.41) is 0. The van der Waals surface area contributed by atoms with Gasteiger partial charge in [0.1, 0.15) is 6.29 Å². The third-order valence-corrected chi connectivity index (χ3v) is 2.13. The van der Waals surface area contributed by atoms with Gasteiger partial charge in [-0.25, -0.2) is 0 Å². The average Bonchev–Trinajstić information content (AvgIpc) is 2.50. The number of aldehydes is 1. The van der Waals surface area contributed by atoms with Crippen molar-refractivity contribution in [1.82, 2.24) is 0 Å². The molecule has 1 aliphatic carbocycles. The zero-order chi connectivity index (χ0) is 9.73. The van der Waals surface area contributed by atoms with Gasteiger partial charge in [0.05, 0.1) is 5.54 Å². The first kappa shape index (κ1) is 9.93. The van der Waals surface area contributed by atoms with Crippen LogP contribution in [0.25, 0.3) is 0 Å². The normalized spacial score (nSPS) is 28.6. The van der Waals surface area contributed by atoms with Gasteiger partial charge >= 0.3 is 0 Å². The van der Waals surface area contributed by atoms with E-state index < -0.39 is 5.54 Å². The predicted molar refractivity (Wildman–Crippen MR) is 54.3 cm³/mol. The van der Waals surface area contributed by atoms with Crippen LogP contribution in [0, 0.1) is 0 Å². The molecule has 1 atom stereocenters. The first-order chi connectivity index (χ1) is 6.20. The Balaban J connectivity index is 2.53. The third-order valence-electron chi connectivity index (χ3n) is 2.13. The van der Waals surface area contributed by atoms with Gasteiger partial charge in [0.25, 0.3) is 0 Å². The van der Waals surface area contributed by atoms with E-state index in [-0.39, 0.29) is 0 Å². The number of carbonyl (C=O) groups is 1. The number of nitrogens with two attached hydrogens (primary N) is 1. The molecular formula is C11H15NO. The van der Waals surface area contributed by atoms with E-state index in [0.29, 0.717) is 12.8 Å². The van der Waals surface area contributed by atoms with Crippen molar-refractivity contribution in [3.63, 3.8) is 0 Å². The lowest BCUT2D eigenvalue weighted by Gasteiger charge is -2.14. The fraction of sp³-hybridized carbons (Fsp3) is 0.364. The van der Waals surface area contributed by atoms with E-state index in [0.717, 1.165) is 11.9 Å². The van der Waals surface area contributed by atoms with Crippen LogP contribution in [0.4, 0.5) is 0 Å². The molecule has 0 spiro atoms. The Morgan fingerprint density at radius 1 is 1.54 bits per heavy atom. The molecule has 2 N–H and O–H groups in total. The predicted octanol–water partition coefficient (Wildman–Crippen LogP) is 1.74. The first-order valence-corrected chi connectivity index (χ1v) is 4.44. The number of hydrogen-bond donors (Lipinski definition) is 1. The zero-order valence-electron chi connectivity index (χ0n) is 7.86. The minimum Gasteiger partial charge on any atom is -0.319 e. The maximum atomic E-state index is 10.6. The number of carbonyl (C=O) groups excluding carboxylic acids is 1. The Morgan fingerprint density at radius 2 is 2.31 bits per heavy atom. The lowest BCUT2D eigenvalue weighted by Crippen LogP contribution is -2.38. The van der Waals surface area contributed by atoms with Crippen LogP contribution >= 0.6 is 0 Å². The Morgan fingerprint density at radius 3 is 2.85 bits per heavy atom. The molecule has 0 bridgehead atoms. The van der Waals surface area contributed by atoms with Crippen LogP contribution in [-0.4, -0.2) is 11.8 Å². The lowest BCUT2D eigenvalue weighted by atomic mass is 9.99. The summed E-state index contributed by atoms with van der Waals surface area (Å²) in [4.78, 5) is 10.6. The van der Waals surface area contributed by atoms with E-state index >= 15 is 0 Å². The minimum atomic E-state index is -0.643. The Labute approximate surface area is 78.8 Å². The van der Waals surface area contributed by atoms with Crippen LogP contribution in [-0.2, 0) is 4.79 Å². The van der Waals surface area contributed by atoms with E-state index in [4.69, 9.17) is 5.73 Å². The first-order valence-electron chi connectivity index (χ1n) is 4.44. The van der Waals surface area contributed by atoms with E-state index in [1.807, 2.05) is 37.3 Å². The molecule has 2 heteroatoms. The van der Waals surface area contributed by atoms with Crippen LogP contribution in [0.5, 0.6) is 0 Å². The molecule has 0 heterocycles. The summed E-state index contributed by atoms with van der Waals surface area (Å²) in [6, 6.07) is 0. The highest BCUT2D eigenvalue weighted by atomic mass is 16.1. The van der Waals surface area contributed by atoms with Gasteiger partial charge in [-0.3, -0.25) is 0 Å². The molecule has 0 saturated heterocycles. The van der Waals surface area contributed by atoms with Crippen LogP contribution in [0.1, 0.15) is 19.8 Å². The maximum Gasteiger partial charge on any atom is 0.140 e. The largest absolute Gasteiger partial charge is 0.319 e. The quantitative estimate of drug-likeness (QED) is 0.527. The molecule has 1 rings (SSSR count). The zero-order valence-corrected chi connectivity index (χ0v) is 7.86. The van der Waals surface area contributed by atoms with E-state index in [1.165, 1.54) is 0 Å². The summed E-state index contributed by atoms with van der Waals surface area (Å²) in [7, 11) is 0. The molecule has 13 heavy (non-hydrogen) atoms. The molecule has 0 aromatic carbocycles. The molecule has 0 aromatic heterocycles. The second kappa shape index (κ2) is 4.19. The molecule has 0 fully saturated rings. The summed E-state index contributed by atoms with van der Waals surface area (Å²) < 4.78 is 0. The van der Waals surface area contributed by atoms with Gasteiger partial charge in [0.2, 0.25) is 0 Å². The van der Waals surface area contributed by atoms with Gasteiger partial charge in [0.15, 0.2) is 0 Å². The van der Waals surface area contributed by atoms with Gasteiger partial charge in [-0.1, -0.05) is 30.4 Å². The van der Waals surface area contributed by atoms with Crippen molar-refractivity contribution in [3.05, 3.63) is 36.0 Å². The van der Waals surface area contributed by atoms with Gasteiger partial charge < -0.3 is 10.5 Å². The SMILES string of the molecule is C/C=C\C=C/C1=CCC(N)(C=O)C1. The molecule has 1 unspecified atom stereocenters. The van der Waals surface area contributed by atoms with Crippen LogP contribution in [0.2, 0.25) is 0 Å². The topological polar surface area (TPSA) is 43.1 Å². The summed E-state index contributed by atoms with van der Waals surface area (Å²) >= 11 is 0. The highest BCUT2D eigenvalue weighted by molar-refractivity contribution is 5.67. The van der Waals surface area contributed by atoms with Crippen LogP contribution in [0.3, 0.4) is 0 Å². The van der Waals surface area contributed by atoms with E-state index in [2.05, 4.69) is 0 Å². The summed E-state index contributed by atoms with van der Waals surface area (Å²) in [5.74, 6) is 0. The molecule has 0 aromatic rings. The maximum absolute atomic E-state index is 10.6. The van der Waals surface area contributed by atoms with Gasteiger partial charge in [-0.2, -0.15) is 0 Å². The third kappa shape index (κ3) is 2.67. The van der Waals surface area contributed by atoms with E-state index in [9.17, 15) is 4.79 Å². The van der Waals surface area contributed by atoms with Crippen LogP contribution < -0.4 is 5.73 Å². The van der Waals surface area contributed by atoms with Crippen molar-refractivity contribution in [2.24, 2.45) is 5.73 Å². The molecule has 0 aliphatic heterocycles. The minimum absolute atomic E-state index is 0.643. The smallest absolute Gasteiger partial charge is 0.140 e. The lowest BCUT2D eigenvalue weighted by molar-refractivity contribution is -0.111.